The molecule has 4 rings (SSSR count). The number of benzene rings is 1. The lowest BCUT2D eigenvalue weighted by Crippen LogP contribution is -2.35. The molecule has 0 atom stereocenters. The van der Waals surface area contributed by atoms with Gasteiger partial charge in [0.2, 0.25) is 5.69 Å². The van der Waals surface area contributed by atoms with Crippen LogP contribution in [0.3, 0.4) is 0 Å². The summed E-state index contributed by atoms with van der Waals surface area (Å²) in [5, 5.41) is 0.305. The number of nitrogens with zero attached hydrogens (tertiary/aromatic N) is 4. The van der Waals surface area contributed by atoms with E-state index in [0.29, 0.717) is 5.06 Å². The van der Waals surface area contributed by atoms with Crippen molar-refractivity contribution in [3.63, 3.8) is 0 Å². The van der Waals surface area contributed by atoms with Gasteiger partial charge in [0, 0.05) is 0 Å². The van der Waals surface area contributed by atoms with Crippen molar-refractivity contribution < 1.29 is 19.2 Å². The van der Waals surface area contributed by atoms with Crippen molar-refractivity contribution in [2.24, 2.45) is 0 Å². The molecule has 0 spiro atoms. The van der Waals surface area contributed by atoms with Crippen molar-refractivity contribution in [2.45, 2.75) is 0 Å². The highest BCUT2D eigenvalue weighted by molar-refractivity contribution is 6.21. The summed E-state index contributed by atoms with van der Waals surface area (Å²) in [6, 6.07) is 6.01. The smallest absolute Gasteiger partial charge is 0.322 e. The lowest BCUT2D eigenvalue weighted by atomic mass is 10.1. The van der Waals surface area contributed by atoms with Gasteiger partial charge in [-0.1, -0.05) is 17.2 Å². The van der Waals surface area contributed by atoms with E-state index in [2.05, 4.69) is 19.9 Å². The third-order valence-corrected chi connectivity index (χ3v) is 3.50. The third-order valence-electron chi connectivity index (χ3n) is 3.50. The van der Waals surface area contributed by atoms with Crippen LogP contribution < -0.4 is 5.56 Å². The summed E-state index contributed by atoms with van der Waals surface area (Å²) in [6.45, 7) is 0. The highest BCUT2D eigenvalue weighted by atomic mass is 16.7. The van der Waals surface area contributed by atoms with Crippen LogP contribution in [0.15, 0.2) is 41.6 Å². The van der Waals surface area contributed by atoms with E-state index in [1.807, 2.05) is 0 Å². The lowest BCUT2D eigenvalue weighted by molar-refractivity contribution is -0.0589. The first-order valence-corrected chi connectivity index (χ1v) is 6.96. The van der Waals surface area contributed by atoms with Crippen LogP contribution in [0.2, 0.25) is 0 Å². The van der Waals surface area contributed by atoms with Crippen LogP contribution in [0.5, 0.6) is 0 Å². The van der Waals surface area contributed by atoms with Crippen molar-refractivity contribution in [3.05, 3.63) is 64.0 Å². The van der Waals surface area contributed by atoms with Gasteiger partial charge < -0.3 is 9.82 Å². The molecule has 0 bridgehead atoms. The zero-order valence-corrected chi connectivity index (χ0v) is 12.3. The number of hydroxylamine groups is 2. The molecule has 10 nitrogen and oxygen atoms in total. The second-order valence-corrected chi connectivity index (χ2v) is 5.00. The van der Waals surface area contributed by atoms with Crippen LogP contribution in [-0.4, -0.2) is 42.8 Å². The summed E-state index contributed by atoms with van der Waals surface area (Å²) >= 11 is 0. The molecule has 1 aromatic carbocycles. The van der Waals surface area contributed by atoms with Crippen LogP contribution in [0.25, 0.3) is 11.2 Å². The number of aromatic amines is 1. The highest BCUT2D eigenvalue weighted by Crippen LogP contribution is 2.23. The van der Waals surface area contributed by atoms with E-state index < -0.39 is 29.0 Å². The minimum atomic E-state index is -1.25. The summed E-state index contributed by atoms with van der Waals surface area (Å²) in [4.78, 5) is 67.0. The van der Waals surface area contributed by atoms with E-state index in [9.17, 15) is 19.2 Å². The largest absolute Gasteiger partial charge is 0.387 e. The molecule has 2 aromatic heterocycles. The second kappa shape index (κ2) is 5.30. The second-order valence-electron chi connectivity index (χ2n) is 5.00. The maximum Gasteiger partial charge on any atom is 0.387 e. The van der Waals surface area contributed by atoms with Gasteiger partial charge in [-0.3, -0.25) is 14.4 Å². The van der Waals surface area contributed by atoms with Gasteiger partial charge in [-0.15, -0.1) is 0 Å². The fourth-order valence-electron chi connectivity index (χ4n) is 2.35. The molecular formula is C15H7N5O5. The molecule has 122 valence electrons. The number of hydrogen-bond donors (Lipinski definition) is 1. The van der Waals surface area contributed by atoms with E-state index >= 15 is 0 Å². The third kappa shape index (κ3) is 2.24. The van der Waals surface area contributed by atoms with Crippen LogP contribution in [0.1, 0.15) is 31.2 Å². The zero-order chi connectivity index (χ0) is 17.6. The van der Waals surface area contributed by atoms with E-state index in [1.54, 1.807) is 12.1 Å². The number of fused-ring (bicyclic) bond motifs is 2. The first kappa shape index (κ1) is 14.6. The minimum Gasteiger partial charge on any atom is -0.322 e. The van der Waals surface area contributed by atoms with Crippen LogP contribution in [0, 0.1) is 0 Å². The molecule has 1 aliphatic rings. The molecule has 25 heavy (non-hydrogen) atoms. The molecule has 1 N–H and O–H groups in total. The first-order valence-electron chi connectivity index (χ1n) is 6.96. The van der Waals surface area contributed by atoms with Gasteiger partial charge in [0.05, 0.1) is 17.3 Å². The fraction of sp³-hybridized carbons (Fsp3) is 0. The Labute approximate surface area is 138 Å². The van der Waals surface area contributed by atoms with E-state index in [1.165, 1.54) is 24.7 Å². The first-order chi connectivity index (χ1) is 12.1. The molecule has 2 amide bonds. The average Bonchev–Trinajstić information content (AvgIpc) is 2.86. The molecule has 3 heterocycles. The molecule has 1 aliphatic heterocycles. The number of rotatable bonds is 2. The molecule has 0 saturated carbocycles. The van der Waals surface area contributed by atoms with Crippen molar-refractivity contribution in [1.29, 1.82) is 0 Å². The normalized spacial score (nSPS) is 13.2. The number of aromatic nitrogens is 4. The Morgan fingerprint density at radius 1 is 1.08 bits per heavy atom. The molecule has 0 saturated heterocycles. The maximum absolute atomic E-state index is 12.2. The van der Waals surface area contributed by atoms with Gasteiger partial charge in [-0.05, 0) is 12.1 Å². The Balaban J connectivity index is 1.68. The van der Waals surface area contributed by atoms with Gasteiger partial charge in [0.25, 0.3) is 17.4 Å². The summed E-state index contributed by atoms with van der Waals surface area (Å²) < 4.78 is 0. The monoisotopic (exact) mass is 337 g/mol. The SMILES string of the molecule is O=C(ON1C(=O)c2ccccc2C1=O)c1nc2cncnc2[nH]c1=O. The van der Waals surface area contributed by atoms with E-state index in [0.717, 1.165) is 0 Å². The average molecular weight is 337 g/mol. The minimum absolute atomic E-state index is 0.106. The summed E-state index contributed by atoms with van der Waals surface area (Å²) in [5.41, 5.74) is -0.997. The predicted octanol–water partition coefficient (Wildman–Crippen LogP) is 0.0811. The number of amides is 2. The highest BCUT2D eigenvalue weighted by Gasteiger charge is 2.39. The van der Waals surface area contributed by atoms with Crippen LogP contribution in [0.4, 0.5) is 0 Å². The van der Waals surface area contributed by atoms with Gasteiger partial charge in [0.15, 0.2) is 5.65 Å². The van der Waals surface area contributed by atoms with Crippen molar-refractivity contribution in [1.82, 2.24) is 25.0 Å². The summed E-state index contributed by atoms with van der Waals surface area (Å²) in [6.07, 6.45) is 2.49. The molecule has 3 aromatic rings. The quantitative estimate of drug-likeness (QED) is 0.649. The molecule has 0 fully saturated rings. The topological polar surface area (TPSA) is 135 Å². The number of carbonyl (C=O) groups excluding carboxylic acids is 3. The Bertz CT molecular complexity index is 1090. The molecular weight excluding hydrogens is 330 g/mol. The number of carbonyl (C=O) groups is 3. The number of hydrogen-bond acceptors (Lipinski definition) is 8. The van der Waals surface area contributed by atoms with Gasteiger partial charge >= 0.3 is 5.97 Å². The maximum atomic E-state index is 12.2. The molecule has 0 unspecified atom stereocenters. The van der Waals surface area contributed by atoms with Crippen LogP contribution >= 0.6 is 0 Å². The van der Waals surface area contributed by atoms with Crippen molar-refractivity contribution in [3.8, 4) is 0 Å². The van der Waals surface area contributed by atoms with Crippen molar-refractivity contribution in [2.75, 3.05) is 0 Å². The summed E-state index contributed by atoms with van der Waals surface area (Å²) in [5.74, 6) is -2.84. The lowest BCUT2D eigenvalue weighted by Gasteiger charge is -2.11. The number of imide groups is 1. The zero-order valence-electron chi connectivity index (χ0n) is 12.3. The van der Waals surface area contributed by atoms with E-state index in [-0.39, 0.29) is 22.3 Å². The van der Waals surface area contributed by atoms with Crippen molar-refractivity contribution >= 4 is 28.9 Å². The Kier molecular flexibility index (Phi) is 3.10. The van der Waals surface area contributed by atoms with E-state index in [4.69, 9.17) is 4.84 Å². The Morgan fingerprint density at radius 3 is 2.44 bits per heavy atom. The Hall–Kier alpha value is -3.95. The number of H-pyrrole nitrogens is 1. The number of nitrogens with one attached hydrogen (secondary N) is 1. The fourth-order valence-corrected chi connectivity index (χ4v) is 2.35. The predicted molar refractivity (Wildman–Crippen MR) is 80.3 cm³/mol. The van der Waals surface area contributed by atoms with Crippen LogP contribution in [-0.2, 0) is 4.84 Å². The molecule has 0 radical (unpaired) electrons. The summed E-state index contributed by atoms with van der Waals surface area (Å²) in [7, 11) is 0. The van der Waals surface area contributed by atoms with Gasteiger partial charge in [-0.2, -0.15) is 0 Å². The van der Waals surface area contributed by atoms with Gasteiger partial charge in [-0.25, -0.2) is 19.7 Å². The standard InChI is InChI=1S/C15H7N5O5/c21-12-10(18-9-5-16-6-17-11(9)19-12)15(24)25-20-13(22)7-3-1-2-4-8(7)14(20)23/h1-6H,(H,16,17,19,21). The Morgan fingerprint density at radius 2 is 1.76 bits per heavy atom. The van der Waals surface area contributed by atoms with Gasteiger partial charge in [0.1, 0.15) is 11.8 Å². The molecule has 0 aliphatic carbocycles. The molecule has 10 heteroatoms.